The number of aromatic nitrogens is 5. The first-order valence-electron chi connectivity index (χ1n) is 5.64. The Bertz CT molecular complexity index is 611. The number of aryl methyl sites for hydroxylation is 3. The van der Waals surface area contributed by atoms with Gasteiger partial charge in [0.25, 0.3) is 0 Å². The molecule has 0 aliphatic carbocycles. The fourth-order valence-electron chi connectivity index (χ4n) is 2.04. The van der Waals surface area contributed by atoms with Crippen LogP contribution in [0.1, 0.15) is 28.8 Å². The first-order valence-corrected chi connectivity index (χ1v) is 5.64. The molecule has 2 aromatic rings. The molecule has 0 saturated carbocycles. The van der Waals surface area contributed by atoms with Crippen LogP contribution in [0, 0.1) is 13.8 Å². The molecule has 96 valence electrons. The lowest BCUT2D eigenvalue weighted by atomic mass is 10.1. The lowest BCUT2D eigenvalue weighted by Gasteiger charge is -2.05. The van der Waals surface area contributed by atoms with Crippen molar-refractivity contribution >= 4 is 5.97 Å². The summed E-state index contributed by atoms with van der Waals surface area (Å²) in [6.45, 7) is 6.20. The quantitative estimate of drug-likeness (QED) is 0.877. The van der Waals surface area contributed by atoms with Crippen LogP contribution in [0.2, 0.25) is 0 Å². The van der Waals surface area contributed by atoms with Gasteiger partial charge in [0.05, 0.1) is 5.69 Å². The molecule has 0 aliphatic rings. The molecule has 0 aliphatic heterocycles. The van der Waals surface area contributed by atoms with Crippen LogP contribution in [0.3, 0.4) is 0 Å². The van der Waals surface area contributed by atoms with Gasteiger partial charge in [-0.1, -0.05) is 5.21 Å². The molecular weight excluding hydrogens is 234 g/mol. The van der Waals surface area contributed by atoms with Crippen molar-refractivity contribution in [2.24, 2.45) is 7.05 Å². The molecule has 7 nitrogen and oxygen atoms in total. The van der Waals surface area contributed by atoms with E-state index in [1.165, 1.54) is 0 Å². The molecular formula is C11H15N5O2. The summed E-state index contributed by atoms with van der Waals surface area (Å²) in [4.78, 5) is 11.2. The van der Waals surface area contributed by atoms with Crippen molar-refractivity contribution in [3.63, 3.8) is 0 Å². The van der Waals surface area contributed by atoms with Crippen molar-refractivity contribution in [1.29, 1.82) is 0 Å². The highest BCUT2D eigenvalue weighted by Crippen LogP contribution is 2.28. The lowest BCUT2D eigenvalue weighted by molar-refractivity contribution is 0.0691. The van der Waals surface area contributed by atoms with Crippen LogP contribution in [0.25, 0.3) is 11.3 Å². The van der Waals surface area contributed by atoms with Gasteiger partial charge in [-0.15, -0.1) is 5.10 Å². The number of carboxylic acid groups (broad SMARTS) is 1. The number of carbonyl (C=O) groups is 1. The predicted molar refractivity (Wildman–Crippen MR) is 64.3 cm³/mol. The SMILES string of the molecule is CCn1nnc(C(=O)O)c1-c1c(C)nn(C)c1C. The van der Waals surface area contributed by atoms with Crippen molar-refractivity contribution in [1.82, 2.24) is 24.8 Å². The minimum Gasteiger partial charge on any atom is -0.476 e. The van der Waals surface area contributed by atoms with E-state index in [1.54, 1.807) is 9.36 Å². The van der Waals surface area contributed by atoms with Crippen LogP contribution >= 0.6 is 0 Å². The Hall–Kier alpha value is -2.18. The molecule has 2 rings (SSSR count). The molecule has 0 bridgehead atoms. The van der Waals surface area contributed by atoms with E-state index in [1.807, 2.05) is 27.8 Å². The highest BCUT2D eigenvalue weighted by Gasteiger charge is 2.24. The van der Waals surface area contributed by atoms with Gasteiger partial charge in [0.15, 0.2) is 5.69 Å². The summed E-state index contributed by atoms with van der Waals surface area (Å²) in [6, 6.07) is 0. The summed E-state index contributed by atoms with van der Waals surface area (Å²) in [5, 5.41) is 21.1. The van der Waals surface area contributed by atoms with Crippen molar-refractivity contribution in [3.8, 4) is 11.3 Å². The van der Waals surface area contributed by atoms with Gasteiger partial charge in [-0.05, 0) is 20.8 Å². The molecule has 0 saturated heterocycles. The molecule has 0 spiro atoms. The Balaban J connectivity index is 2.76. The molecule has 2 aromatic heterocycles. The maximum Gasteiger partial charge on any atom is 0.358 e. The summed E-state index contributed by atoms with van der Waals surface area (Å²) in [5.74, 6) is -1.08. The van der Waals surface area contributed by atoms with E-state index in [0.29, 0.717) is 12.2 Å². The molecule has 0 radical (unpaired) electrons. The standard InChI is InChI=1S/C11H15N5O2/c1-5-16-10(9(11(17)18)12-14-16)8-6(2)13-15(4)7(8)3/h5H2,1-4H3,(H,17,18). The average molecular weight is 249 g/mol. The number of hydrogen-bond donors (Lipinski definition) is 1. The monoisotopic (exact) mass is 249 g/mol. The van der Waals surface area contributed by atoms with Crippen LogP contribution in [0.5, 0.6) is 0 Å². The van der Waals surface area contributed by atoms with Crippen molar-refractivity contribution < 1.29 is 9.90 Å². The molecule has 0 fully saturated rings. The van der Waals surface area contributed by atoms with Gasteiger partial charge in [-0.2, -0.15) is 5.10 Å². The van der Waals surface area contributed by atoms with E-state index in [0.717, 1.165) is 17.0 Å². The molecule has 0 amide bonds. The number of rotatable bonds is 3. The van der Waals surface area contributed by atoms with E-state index in [4.69, 9.17) is 0 Å². The van der Waals surface area contributed by atoms with Gasteiger partial charge in [-0.25, -0.2) is 9.48 Å². The smallest absolute Gasteiger partial charge is 0.358 e. The first kappa shape index (κ1) is 12.3. The summed E-state index contributed by atoms with van der Waals surface area (Å²) in [6.07, 6.45) is 0. The summed E-state index contributed by atoms with van der Waals surface area (Å²) >= 11 is 0. The second kappa shape index (κ2) is 4.25. The van der Waals surface area contributed by atoms with E-state index in [9.17, 15) is 9.90 Å². The number of hydrogen-bond acceptors (Lipinski definition) is 4. The van der Waals surface area contributed by atoms with Crippen molar-refractivity contribution in [2.45, 2.75) is 27.3 Å². The molecule has 7 heteroatoms. The van der Waals surface area contributed by atoms with Crippen molar-refractivity contribution in [3.05, 3.63) is 17.1 Å². The number of nitrogens with zero attached hydrogens (tertiary/aromatic N) is 5. The van der Waals surface area contributed by atoms with Crippen LogP contribution < -0.4 is 0 Å². The molecule has 1 N–H and O–H groups in total. The molecule has 2 heterocycles. The highest BCUT2D eigenvalue weighted by atomic mass is 16.4. The zero-order valence-electron chi connectivity index (χ0n) is 10.8. The Labute approximate surface area is 104 Å². The van der Waals surface area contributed by atoms with Crippen LogP contribution in [0.15, 0.2) is 0 Å². The van der Waals surface area contributed by atoms with Crippen LogP contribution in [-0.2, 0) is 13.6 Å². The molecule has 0 atom stereocenters. The Morgan fingerprint density at radius 1 is 1.39 bits per heavy atom. The van der Waals surface area contributed by atoms with Gasteiger partial charge in [0.1, 0.15) is 5.69 Å². The second-order valence-corrected chi connectivity index (χ2v) is 4.08. The van der Waals surface area contributed by atoms with E-state index >= 15 is 0 Å². The summed E-state index contributed by atoms with van der Waals surface area (Å²) in [7, 11) is 1.83. The minimum atomic E-state index is -1.08. The third-order valence-electron chi connectivity index (χ3n) is 2.98. The van der Waals surface area contributed by atoms with Crippen LogP contribution in [-0.4, -0.2) is 35.9 Å². The van der Waals surface area contributed by atoms with Gasteiger partial charge in [0.2, 0.25) is 0 Å². The third-order valence-corrected chi connectivity index (χ3v) is 2.98. The number of carboxylic acids is 1. The van der Waals surface area contributed by atoms with Gasteiger partial charge in [-0.3, -0.25) is 4.68 Å². The second-order valence-electron chi connectivity index (χ2n) is 4.08. The van der Waals surface area contributed by atoms with E-state index in [-0.39, 0.29) is 5.69 Å². The summed E-state index contributed by atoms with van der Waals surface area (Å²) < 4.78 is 3.31. The molecule has 18 heavy (non-hydrogen) atoms. The zero-order valence-corrected chi connectivity index (χ0v) is 10.8. The first-order chi connectivity index (χ1) is 8.47. The predicted octanol–water partition coefficient (Wildman–Crippen LogP) is 1.01. The average Bonchev–Trinajstić information content (AvgIpc) is 2.81. The van der Waals surface area contributed by atoms with E-state index < -0.39 is 5.97 Å². The van der Waals surface area contributed by atoms with Crippen LogP contribution in [0.4, 0.5) is 0 Å². The largest absolute Gasteiger partial charge is 0.476 e. The van der Waals surface area contributed by atoms with Gasteiger partial charge >= 0.3 is 5.97 Å². The van der Waals surface area contributed by atoms with Crippen molar-refractivity contribution in [2.75, 3.05) is 0 Å². The fraction of sp³-hybridized carbons (Fsp3) is 0.455. The summed E-state index contributed by atoms with van der Waals surface area (Å²) in [5.41, 5.74) is 2.95. The molecule has 0 aromatic carbocycles. The Morgan fingerprint density at radius 2 is 2.06 bits per heavy atom. The Kier molecular flexibility index (Phi) is 2.90. The third kappa shape index (κ3) is 1.68. The fourth-order valence-corrected chi connectivity index (χ4v) is 2.04. The topological polar surface area (TPSA) is 85.8 Å². The number of aromatic carboxylic acids is 1. The van der Waals surface area contributed by atoms with E-state index in [2.05, 4.69) is 15.4 Å². The zero-order chi connectivity index (χ0) is 13.4. The minimum absolute atomic E-state index is 0.0314. The maximum absolute atomic E-state index is 11.2. The van der Waals surface area contributed by atoms with Gasteiger partial charge < -0.3 is 5.11 Å². The molecule has 0 unspecified atom stereocenters. The Morgan fingerprint density at radius 3 is 2.50 bits per heavy atom. The maximum atomic E-state index is 11.2. The van der Waals surface area contributed by atoms with Gasteiger partial charge in [0, 0.05) is 24.8 Å². The highest BCUT2D eigenvalue weighted by molar-refractivity contribution is 5.93. The normalized spacial score (nSPS) is 10.9. The lowest BCUT2D eigenvalue weighted by Crippen LogP contribution is -2.05.